The largest absolute Gasteiger partial charge is 0.465 e. The predicted octanol–water partition coefficient (Wildman–Crippen LogP) is 3.83. The molecule has 118 valence electrons. The van der Waals surface area contributed by atoms with Gasteiger partial charge in [0.1, 0.15) is 5.82 Å². The van der Waals surface area contributed by atoms with E-state index in [9.17, 15) is 9.59 Å². The van der Waals surface area contributed by atoms with Gasteiger partial charge in [0, 0.05) is 22.3 Å². The summed E-state index contributed by atoms with van der Waals surface area (Å²) in [4.78, 5) is 27.1. The first-order valence-electron chi connectivity index (χ1n) is 6.48. The lowest BCUT2D eigenvalue weighted by atomic mass is 10.2. The van der Waals surface area contributed by atoms with Gasteiger partial charge in [-0.3, -0.25) is 4.79 Å². The van der Waals surface area contributed by atoms with Crippen LogP contribution in [0.15, 0.2) is 42.6 Å². The average molecular weight is 351 g/mol. The second-order valence-electron chi connectivity index (χ2n) is 4.41. The van der Waals surface area contributed by atoms with Crippen LogP contribution in [-0.2, 0) is 9.53 Å². The van der Waals surface area contributed by atoms with Crippen molar-refractivity contribution < 1.29 is 14.3 Å². The van der Waals surface area contributed by atoms with Gasteiger partial charge in [-0.15, -0.1) is 0 Å². The number of nitrogens with one attached hydrogen (secondary N) is 1. The van der Waals surface area contributed by atoms with E-state index in [1.54, 1.807) is 24.3 Å². The summed E-state index contributed by atoms with van der Waals surface area (Å²) in [7, 11) is 1.28. The fourth-order valence-electron chi connectivity index (χ4n) is 1.68. The molecule has 0 unspecified atom stereocenters. The third kappa shape index (κ3) is 4.81. The summed E-state index contributed by atoms with van der Waals surface area (Å²) in [6, 6.07) is 7.99. The van der Waals surface area contributed by atoms with Gasteiger partial charge in [0.2, 0.25) is 5.91 Å². The van der Waals surface area contributed by atoms with E-state index in [1.807, 2.05) is 0 Å². The van der Waals surface area contributed by atoms with E-state index in [0.29, 0.717) is 27.0 Å². The van der Waals surface area contributed by atoms with Crippen molar-refractivity contribution in [3.05, 3.63) is 63.8 Å². The van der Waals surface area contributed by atoms with Crippen LogP contribution in [0, 0.1) is 0 Å². The zero-order valence-corrected chi connectivity index (χ0v) is 13.6. The molecule has 1 aromatic carbocycles. The Hall–Kier alpha value is -2.37. The van der Waals surface area contributed by atoms with Gasteiger partial charge >= 0.3 is 5.97 Å². The molecule has 23 heavy (non-hydrogen) atoms. The van der Waals surface area contributed by atoms with Crippen LogP contribution < -0.4 is 5.32 Å². The molecule has 0 fully saturated rings. The monoisotopic (exact) mass is 350 g/mol. The Morgan fingerprint density at radius 2 is 2.00 bits per heavy atom. The molecule has 5 nitrogen and oxygen atoms in total. The molecule has 0 radical (unpaired) electrons. The highest BCUT2D eigenvalue weighted by atomic mass is 35.5. The molecule has 1 amide bonds. The fraction of sp³-hybridized carbons (Fsp3) is 0.0625. The lowest BCUT2D eigenvalue weighted by Crippen LogP contribution is -2.10. The predicted molar refractivity (Wildman–Crippen MR) is 89.7 cm³/mol. The number of hydrogen-bond donors (Lipinski definition) is 1. The van der Waals surface area contributed by atoms with Crippen LogP contribution in [0.4, 0.5) is 5.82 Å². The topological polar surface area (TPSA) is 68.3 Å². The van der Waals surface area contributed by atoms with Gasteiger partial charge in [-0.05, 0) is 35.9 Å². The number of aromatic nitrogens is 1. The third-order valence-electron chi connectivity index (χ3n) is 2.81. The molecule has 0 saturated heterocycles. The lowest BCUT2D eigenvalue weighted by Gasteiger charge is -2.03. The zero-order valence-electron chi connectivity index (χ0n) is 12.0. The first-order chi connectivity index (χ1) is 11.0. The highest BCUT2D eigenvalue weighted by molar-refractivity contribution is 6.35. The van der Waals surface area contributed by atoms with Gasteiger partial charge in [-0.1, -0.05) is 29.3 Å². The Morgan fingerprint density at radius 1 is 1.22 bits per heavy atom. The zero-order chi connectivity index (χ0) is 16.8. The number of ether oxygens (including phenoxy) is 1. The molecule has 1 N–H and O–H groups in total. The molecule has 1 heterocycles. The van der Waals surface area contributed by atoms with E-state index in [1.165, 1.54) is 31.5 Å². The molecular formula is C16H12Cl2N2O3. The van der Waals surface area contributed by atoms with Gasteiger partial charge < -0.3 is 10.1 Å². The van der Waals surface area contributed by atoms with E-state index in [2.05, 4.69) is 15.0 Å². The molecule has 0 aliphatic rings. The number of esters is 1. The smallest absolute Gasteiger partial charge is 0.339 e. The Kier molecular flexibility index (Phi) is 5.73. The average Bonchev–Trinajstić information content (AvgIpc) is 2.54. The minimum absolute atomic E-state index is 0.300. The summed E-state index contributed by atoms with van der Waals surface area (Å²) in [6.45, 7) is 0. The summed E-state index contributed by atoms with van der Waals surface area (Å²) in [6.07, 6.45) is 4.21. The number of benzene rings is 1. The number of carbonyl (C=O) groups excluding carboxylic acids is 2. The lowest BCUT2D eigenvalue weighted by molar-refractivity contribution is -0.111. The van der Waals surface area contributed by atoms with Crippen LogP contribution in [0.5, 0.6) is 0 Å². The normalized spacial score (nSPS) is 10.6. The van der Waals surface area contributed by atoms with Crippen LogP contribution >= 0.6 is 23.2 Å². The maximum atomic E-state index is 11.8. The van der Waals surface area contributed by atoms with Gasteiger partial charge in [0.05, 0.1) is 12.7 Å². The van der Waals surface area contributed by atoms with Crippen molar-refractivity contribution in [2.24, 2.45) is 0 Å². The highest BCUT2D eigenvalue weighted by Crippen LogP contribution is 2.22. The number of methoxy groups -OCH3 is 1. The van der Waals surface area contributed by atoms with Crippen molar-refractivity contribution in [1.82, 2.24) is 4.98 Å². The summed E-state index contributed by atoms with van der Waals surface area (Å²) in [5.41, 5.74) is 0.967. The number of nitrogens with zero attached hydrogens (tertiary/aromatic N) is 1. The van der Waals surface area contributed by atoms with Crippen molar-refractivity contribution in [2.45, 2.75) is 0 Å². The van der Waals surface area contributed by atoms with Crippen molar-refractivity contribution in [3.63, 3.8) is 0 Å². The van der Waals surface area contributed by atoms with E-state index < -0.39 is 5.97 Å². The molecule has 2 rings (SSSR count). The first-order valence-corrected chi connectivity index (χ1v) is 7.23. The van der Waals surface area contributed by atoms with E-state index >= 15 is 0 Å². The molecule has 2 aromatic rings. The minimum Gasteiger partial charge on any atom is -0.465 e. The number of halogens is 2. The van der Waals surface area contributed by atoms with Crippen molar-refractivity contribution >= 4 is 47.0 Å². The number of anilines is 1. The maximum absolute atomic E-state index is 11.8. The van der Waals surface area contributed by atoms with Crippen LogP contribution in [0.2, 0.25) is 10.0 Å². The van der Waals surface area contributed by atoms with Gasteiger partial charge in [0.25, 0.3) is 0 Å². The summed E-state index contributed by atoms with van der Waals surface area (Å²) in [5.74, 6) is -0.559. The van der Waals surface area contributed by atoms with Crippen molar-refractivity contribution in [1.29, 1.82) is 0 Å². The highest BCUT2D eigenvalue weighted by Gasteiger charge is 2.06. The number of amides is 1. The third-order valence-corrected chi connectivity index (χ3v) is 3.38. The second kappa shape index (κ2) is 7.76. The molecule has 0 aliphatic heterocycles. The van der Waals surface area contributed by atoms with Crippen LogP contribution in [0.25, 0.3) is 6.08 Å². The van der Waals surface area contributed by atoms with Gasteiger partial charge in [-0.25, -0.2) is 9.78 Å². The number of pyridine rings is 1. The molecule has 7 heteroatoms. The van der Waals surface area contributed by atoms with E-state index in [0.717, 1.165) is 0 Å². The maximum Gasteiger partial charge on any atom is 0.339 e. The van der Waals surface area contributed by atoms with Crippen molar-refractivity contribution in [2.75, 3.05) is 12.4 Å². The molecule has 0 atom stereocenters. The first kappa shape index (κ1) is 17.0. The standard InChI is InChI=1S/C16H12Cl2N2O3/c1-23-16(22)11-3-6-14(19-9-11)20-15(21)7-4-10-2-5-12(17)8-13(10)18/h2-9H,1H3,(H,19,20,21)/b7-4+. The van der Waals surface area contributed by atoms with Crippen LogP contribution in [0.3, 0.4) is 0 Å². The van der Waals surface area contributed by atoms with Crippen LogP contribution in [0.1, 0.15) is 15.9 Å². The van der Waals surface area contributed by atoms with Gasteiger partial charge in [-0.2, -0.15) is 0 Å². The molecule has 0 spiro atoms. The quantitative estimate of drug-likeness (QED) is 0.672. The second-order valence-corrected chi connectivity index (χ2v) is 5.26. The summed E-state index contributed by atoms with van der Waals surface area (Å²) >= 11 is 11.8. The summed E-state index contributed by atoms with van der Waals surface area (Å²) < 4.78 is 4.57. The van der Waals surface area contributed by atoms with Gasteiger partial charge in [0.15, 0.2) is 0 Å². The minimum atomic E-state index is -0.493. The SMILES string of the molecule is COC(=O)c1ccc(NC(=O)/C=C/c2ccc(Cl)cc2Cl)nc1. The number of hydrogen-bond acceptors (Lipinski definition) is 4. The van der Waals surface area contributed by atoms with Crippen LogP contribution in [-0.4, -0.2) is 24.0 Å². The molecule has 0 bridgehead atoms. The molecule has 0 aliphatic carbocycles. The molecular weight excluding hydrogens is 339 g/mol. The molecule has 0 saturated carbocycles. The number of carbonyl (C=O) groups is 2. The van der Waals surface area contributed by atoms with E-state index in [4.69, 9.17) is 23.2 Å². The Bertz CT molecular complexity index is 758. The van der Waals surface area contributed by atoms with E-state index in [-0.39, 0.29) is 5.91 Å². The molecule has 1 aromatic heterocycles. The van der Waals surface area contributed by atoms with Crippen molar-refractivity contribution in [3.8, 4) is 0 Å². The Morgan fingerprint density at radius 3 is 2.61 bits per heavy atom. The fourth-order valence-corrected chi connectivity index (χ4v) is 2.15. The summed E-state index contributed by atoms with van der Waals surface area (Å²) in [5, 5.41) is 3.54. The number of rotatable bonds is 4. The Balaban J connectivity index is 2.01. The Labute approximate surface area is 142 Å².